The van der Waals surface area contributed by atoms with Gasteiger partial charge in [-0.05, 0) is 19.4 Å². The number of hydrogen-bond donors (Lipinski definition) is 1. The van der Waals surface area contributed by atoms with E-state index in [1.165, 1.54) is 6.26 Å². The first-order valence-corrected chi connectivity index (χ1v) is 4.70. The molecule has 1 aliphatic heterocycles. The van der Waals surface area contributed by atoms with Crippen molar-refractivity contribution < 1.29 is 14.3 Å². The fraction of sp³-hybridized carbons (Fsp3) is 0.500. The van der Waals surface area contributed by atoms with Crippen molar-refractivity contribution in [2.75, 3.05) is 13.1 Å². The summed E-state index contributed by atoms with van der Waals surface area (Å²) < 4.78 is 5.10. The van der Waals surface area contributed by atoms with Crippen molar-refractivity contribution in [3.63, 3.8) is 0 Å². The van der Waals surface area contributed by atoms with Crippen LogP contribution in [0.25, 0.3) is 0 Å². The molecule has 0 saturated carbocycles. The van der Waals surface area contributed by atoms with Gasteiger partial charge in [0.1, 0.15) is 0 Å². The molecular formula is C10H13NO3. The Hall–Kier alpha value is -1.29. The molecular weight excluding hydrogens is 182 g/mol. The number of aliphatic hydroxyl groups excluding tert-OH is 1. The number of aryl methyl sites for hydroxylation is 1. The predicted molar refractivity (Wildman–Crippen MR) is 50.0 cm³/mol. The van der Waals surface area contributed by atoms with Crippen LogP contribution in [0.5, 0.6) is 0 Å². The van der Waals surface area contributed by atoms with Crippen molar-refractivity contribution in [2.45, 2.75) is 19.4 Å². The molecule has 1 saturated heterocycles. The van der Waals surface area contributed by atoms with Gasteiger partial charge in [-0.2, -0.15) is 0 Å². The highest BCUT2D eigenvalue weighted by Crippen LogP contribution is 2.16. The Labute approximate surface area is 82.1 Å². The van der Waals surface area contributed by atoms with Crippen LogP contribution in [0.15, 0.2) is 16.7 Å². The molecule has 76 valence electrons. The minimum atomic E-state index is -0.380. The Morgan fingerprint density at radius 2 is 2.50 bits per heavy atom. The molecule has 1 amide bonds. The summed E-state index contributed by atoms with van der Waals surface area (Å²) in [6.07, 6.45) is 1.79. The van der Waals surface area contributed by atoms with Crippen molar-refractivity contribution in [2.24, 2.45) is 0 Å². The van der Waals surface area contributed by atoms with Crippen LogP contribution < -0.4 is 0 Å². The van der Waals surface area contributed by atoms with Crippen LogP contribution in [0.1, 0.15) is 22.5 Å². The lowest BCUT2D eigenvalue weighted by Crippen LogP contribution is -2.29. The second-order valence-corrected chi connectivity index (χ2v) is 3.63. The third-order valence-electron chi connectivity index (χ3n) is 2.51. The smallest absolute Gasteiger partial charge is 0.289 e. The number of carbonyl (C=O) groups excluding carboxylic acids is 1. The summed E-state index contributed by atoms with van der Waals surface area (Å²) >= 11 is 0. The van der Waals surface area contributed by atoms with Gasteiger partial charge >= 0.3 is 0 Å². The number of hydrogen-bond acceptors (Lipinski definition) is 3. The molecule has 1 atom stereocenters. The van der Waals surface area contributed by atoms with Crippen molar-refractivity contribution in [3.05, 3.63) is 23.7 Å². The maximum absolute atomic E-state index is 11.8. The molecule has 1 fully saturated rings. The molecule has 4 heteroatoms. The summed E-state index contributed by atoms with van der Waals surface area (Å²) in [5, 5.41) is 9.29. The van der Waals surface area contributed by atoms with E-state index in [1.807, 2.05) is 6.92 Å². The maximum Gasteiger partial charge on any atom is 0.289 e. The molecule has 0 bridgehead atoms. The number of aliphatic hydroxyl groups is 1. The second-order valence-electron chi connectivity index (χ2n) is 3.63. The van der Waals surface area contributed by atoms with Gasteiger partial charge in [-0.25, -0.2) is 0 Å². The average Bonchev–Trinajstić information content (AvgIpc) is 2.73. The Morgan fingerprint density at radius 1 is 1.71 bits per heavy atom. The van der Waals surface area contributed by atoms with E-state index in [4.69, 9.17) is 4.42 Å². The standard InChI is InChI=1S/C10H13NO3/c1-7-3-5-14-9(7)10(13)11-4-2-8(12)6-11/h3,5,8,12H,2,4,6H2,1H3/t8-/m0/s1. The Kier molecular flexibility index (Phi) is 2.29. The van der Waals surface area contributed by atoms with Crippen LogP contribution in [-0.2, 0) is 0 Å². The zero-order valence-electron chi connectivity index (χ0n) is 8.06. The van der Waals surface area contributed by atoms with Crippen molar-refractivity contribution in [3.8, 4) is 0 Å². The first kappa shape index (κ1) is 9.27. The van der Waals surface area contributed by atoms with E-state index >= 15 is 0 Å². The minimum Gasteiger partial charge on any atom is -0.459 e. The van der Waals surface area contributed by atoms with E-state index in [0.29, 0.717) is 25.3 Å². The largest absolute Gasteiger partial charge is 0.459 e. The average molecular weight is 195 g/mol. The van der Waals surface area contributed by atoms with E-state index in [1.54, 1.807) is 11.0 Å². The van der Waals surface area contributed by atoms with Crippen LogP contribution in [0.2, 0.25) is 0 Å². The zero-order chi connectivity index (χ0) is 10.1. The van der Waals surface area contributed by atoms with Gasteiger partial charge in [-0.1, -0.05) is 0 Å². The van der Waals surface area contributed by atoms with Gasteiger partial charge in [0.25, 0.3) is 5.91 Å². The number of furan rings is 1. The van der Waals surface area contributed by atoms with E-state index in [9.17, 15) is 9.90 Å². The molecule has 2 heterocycles. The van der Waals surface area contributed by atoms with Gasteiger partial charge in [0.2, 0.25) is 0 Å². The molecule has 14 heavy (non-hydrogen) atoms. The van der Waals surface area contributed by atoms with Gasteiger partial charge in [0, 0.05) is 18.7 Å². The number of nitrogens with zero attached hydrogens (tertiary/aromatic N) is 1. The lowest BCUT2D eigenvalue weighted by molar-refractivity contribution is 0.0733. The van der Waals surface area contributed by atoms with Gasteiger partial charge in [0.05, 0.1) is 12.4 Å². The third-order valence-corrected chi connectivity index (χ3v) is 2.51. The third kappa shape index (κ3) is 1.53. The highest BCUT2D eigenvalue weighted by molar-refractivity contribution is 5.93. The first-order valence-electron chi connectivity index (χ1n) is 4.70. The molecule has 0 spiro atoms. The van der Waals surface area contributed by atoms with E-state index < -0.39 is 0 Å². The van der Waals surface area contributed by atoms with Gasteiger partial charge in [-0.3, -0.25) is 4.79 Å². The fourth-order valence-corrected chi connectivity index (χ4v) is 1.66. The molecule has 1 aromatic heterocycles. The van der Waals surface area contributed by atoms with Crippen molar-refractivity contribution in [1.29, 1.82) is 0 Å². The van der Waals surface area contributed by atoms with E-state index in [0.717, 1.165) is 5.56 Å². The van der Waals surface area contributed by atoms with Crippen molar-refractivity contribution >= 4 is 5.91 Å². The molecule has 0 radical (unpaired) electrons. The number of carbonyl (C=O) groups is 1. The van der Waals surface area contributed by atoms with Crippen LogP contribution in [-0.4, -0.2) is 35.1 Å². The molecule has 0 aromatic carbocycles. The summed E-state index contributed by atoms with van der Waals surface area (Å²) in [6, 6.07) is 1.76. The topological polar surface area (TPSA) is 53.7 Å². The summed E-state index contributed by atoms with van der Waals surface area (Å²) in [6.45, 7) is 2.86. The monoisotopic (exact) mass is 195 g/mol. The summed E-state index contributed by atoms with van der Waals surface area (Å²) in [5.41, 5.74) is 0.844. The van der Waals surface area contributed by atoms with Gasteiger partial charge < -0.3 is 14.4 Å². The van der Waals surface area contributed by atoms with Crippen LogP contribution in [0.3, 0.4) is 0 Å². The molecule has 4 nitrogen and oxygen atoms in total. The lowest BCUT2D eigenvalue weighted by atomic mass is 10.2. The SMILES string of the molecule is Cc1ccoc1C(=O)N1CC[C@H](O)C1. The highest BCUT2D eigenvalue weighted by Gasteiger charge is 2.27. The van der Waals surface area contributed by atoms with Crippen LogP contribution >= 0.6 is 0 Å². The van der Waals surface area contributed by atoms with Crippen LogP contribution in [0.4, 0.5) is 0 Å². The van der Waals surface area contributed by atoms with E-state index in [2.05, 4.69) is 0 Å². The maximum atomic E-state index is 11.8. The Balaban J connectivity index is 2.13. The fourth-order valence-electron chi connectivity index (χ4n) is 1.66. The normalized spacial score (nSPS) is 21.6. The Bertz CT molecular complexity index is 345. The number of β-amino-alcohol motifs (C(OH)–C–C–N with tert-alkyl or cyclic N) is 1. The number of likely N-dealkylation sites (tertiary alicyclic amines) is 1. The minimum absolute atomic E-state index is 0.121. The van der Waals surface area contributed by atoms with Crippen molar-refractivity contribution in [1.82, 2.24) is 4.90 Å². The zero-order valence-corrected chi connectivity index (χ0v) is 8.06. The quantitative estimate of drug-likeness (QED) is 0.721. The molecule has 2 rings (SSSR count). The van der Waals surface area contributed by atoms with Gasteiger partial charge in [0.15, 0.2) is 5.76 Å². The summed E-state index contributed by atoms with van der Waals surface area (Å²) in [4.78, 5) is 13.4. The molecule has 1 N–H and O–H groups in total. The molecule has 0 unspecified atom stereocenters. The van der Waals surface area contributed by atoms with E-state index in [-0.39, 0.29) is 12.0 Å². The first-order chi connectivity index (χ1) is 6.68. The second kappa shape index (κ2) is 3.46. The van der Waals surface area contributed by atoms with Crippen LogP contribution in [0, 0.1) is 6.92 Å². The molecule has 0 aliphatic carbocycles. The molecule has 1 aromatic rings. The lowest BCUT2D eigenvalue weighted by Gasteiger charge is -2.13. The summed E-state index contributed by atoms with van der Waals surface area (Å²) in [5.74, 6) is 0.267. The molecule has 1 aliphatic rings. The number of amides is 1. The van der Waals surface area contributed by atoms with Gasteiger partial charge in [-0.15, -0.1) is 0 Å². The highest BCUT2D eigenvalue weighted by atomic mass is 16.3. The predicted octanol–water partition coefficient (Wildman–Crippen LogP) is 0.795. The summed E-state index contributed by atoms with van der Waals surface area (Å²) in [7, 11) is 0. The number of rotatable bonds is 1. The Morgan fingerprint density at radius 3 is 3.00 bits per heavy atom.